The van der Waals surface area contributed by atoms with E-state index < -0.39 is 29.3 Å². The first kappa shape index (κ1) is 28.6. The van der Waals surface area contributed by atoms with Gasteiger partial charge in [-0.05, 0) is 25.1 Å². The summed E-state index contributed by atoms with van der Waals surface area (Å²) in [5.41, 5.74) is 6.74. The molecule has 0 spiro atoms. The standard InChI is InChI=1S/C28H32F2N10O3/c1-2-37-5-7-38(8-6-37)25(41)17-13-20(29)23(21(30)14-17)35-28(42)40-4-3-19-22(18-15-32-26(31)33-16-18)34-27(36-24(19)40)39-9-11-43-12-10-39/h13-16H,2-12H2,1H3,(H,35,42)(H2,31,32,33). The van der Waals surface area contributed by atoms with E-state index in [1.54, 1.807) is 17.3 Å². The number of hydrogen-bond donors (Lipinski definition) is 2. The van der Waals surface area contributed by atoms with Gasteiger partial charge in [0.25, 0.3) is 5.91 Å². The van der Waals surface area contributed by atoms with Gasteiger partial charge in [-0.2, -0.15) is 4.98 Å². The molecule has 0 radical (unpaired) electrons. The molecule has 2 saturated heterocycles. The monoisotopic (exact) mass is 594 g/mol. The van der Waals surface area contributed by atoms with Crippen molar-refractivity contribution >= 4 is 35.3 Å². The van der Waals surface area contributed by atoms with Crippen LogP contribution in [0.3, 0.4) is 0 Å². The number of nitrogens with one attached hydrogen (secondary N) is 1. The first-order valence-electron chi connectivity index (χ1n) is 14.2. The third-order valence-corrected chi connectivity index (χ3v) is 7.93. The number of urea groups is 1. The fourth-order valence-corrected chi connectivity index (χ4v) is 5.49. The molecular weight excluding hydrogens is 562 g/mol. The molecule has 43 heavy (non-hydrogen) atoms. The average molecular weight is 595 g/mol. The van der Waals surface area contributed by atoms with Crippen molar-refractivity contribution in [1.29, 1.82) is 0 Å². The van der Waals surface area contributed by atoms with E-state index in [1.807, 2.05) is 11.8 Å². The Morgan fingerprint density at radius 1 is 0.977 bits per heavy atom. The molecule has 1 aromatic carbocycles. The zero-order valence-electron chi connectivity index (χ0n) is 23.7. The van der Waals surface area contributed by atoms with Crippen molar-refractivity contribution < 1.29 is 23.1 Å². The topological polar surface area (TPSA) is 146 Å². The molecule has 3 aliphatic heterocycles. The Morgan fingerprint density at radius 2 is 1.65 bits per heavy atom. The van der Waals surface area contributed by atoms with Crippen molar-refractivity contribution in [3.8, 4) is 11.3 Å². The maximum Gasteiger partial charge on any atom is 0.327 e. The number of likely N-dealkylation sites (N-methyl/N-ethyl adjacent to an activating group) is 1. The van der Waals surface area contributed by atoms with Crippen LogP contribution in [0.1, 0.15) is 22.8 Å². The van der Waals surface area contributed by atoms with Gasteiger partial charge in [-0.1, -0.05) is 6.92 Å². The Bertz CT molecular complexity index is 1500. The molecular formula is C28H32F2N10O3. The number of piperazine rings is 1. The lowest BCUT2D eigenvalue weighted by molar-refractivity contribution is 0.0642. The lowest BCUT2D eigenvalue weighted by atomic mass is 10.1. The molecule has 0 saturated carbocycles. The van der Waals surface area contributed by atoms with Gasteiger partial charge in [0.1, 0.15) is 11.5 Å². The fourth-order valence-electron chi connectivity index (χ4n) is 5.49. The van der Waals surface area contributed by atoms with Crippen molar-refractivity contribution in [3.63, 3.8) is 0 Å². The van der Waals surface area contributed by atoms with Crippen molar-refractivity contribution in [2.24, 2.45) is 0 Å². The molecule has 3 amide bonds. The number of nitrogens with two attached hydrogens (primary N) is 1. The highest BCUT2D eigenvalue weighted by Gasteiger charge is 2.33. The van der Waals surface area contributed by atoms with E-state index in [4.69, 9.17) is 15.5 Å². The second-order valence-electron chi connectivity index (χ2n) is 10.5. The quantitative estimate of drug-likeness (QED) is 0.450. The van der Waals surface area contributed by atoms with Gasteiger partial charge >= 0.3 is 6.03 Å². The molecule has 0 bridgehead atoms. The zero-order chi connectivity index (χ0) is 30.1. The molecule has 0 atom stereocenters. The molecule has 3 aliphatic rings. The minimum absolute atomic E-state index is 0.109. The van der Waals surface area contributed by atoms with Crippen LogP contribution in [0.2, 0.25) is 0 Å². The van der Waals surface area contributed by atoms with Crippen LogP contribution >= 0.6 is 0 Å². The minimum Gasteiger partial charge on any atom is -0.378 e. The van der Waals surface area contributed by atoms with Crippen LogP contribution < -0.4 is 20.9 Å². The molecule has 2 aromatic heterocycles. The number of rotatable bonds is 5. The number of hydrogen-bond acceptors (Lipinski definition) is 10. The molecule has 2 fully saturated rings. The Kier molecular flexibility index (Phi) is 7.99. The summed E-state index contributed by atoms with van der Waals surface area (Å²) < 4.78 is 35.9. The summed E-state index contributed by atoms with van der Waals surface area (Å²) in [6.45, 7) is 7.56. The summed E-state index contributed by atoms with van der Waals surface area (Å²) >= 11 is 0. The number of aromatic nitrogens is 4. The summed E-state index contributed by atoms with van der Waals surface area (Å²) in [6, 6.07) is 1.16. The van der Waals surface area contributed by atoms with Crippen LogP contribution in [0.4, 0.5) is 37.0 Å². The van der Waals surface area contributed by atoms with Gasteiger partial charge in [0, 0.05) is 74.9 Å². The Hall–Kier alpha value is -4.50. The van der Waals surface area contributed by atoms with Gasteiger partial charge in [-0.15, -0.1) is 0 Å². The normalized spacial score (nSPS) is 17.2. The highest BCUT2D eigenvalue weighted by atomic mass is 19.1. The smallest absolute Gasteiger partial charge is 0.327 e. The summed E-state index contributed by atoms with van der Waals surface area (Å²) in [4.78, 5) is 51.1. The molecule has 0 aliphatic carbocycles. The number of morpholine rings is 1. The number of halogens is 2. The van der Waals surface area contributed by atoms with Gasteiger partial charge in [0.05, 0.1) is 18.9 Å². The Morgan fingerprint density at radius 3 is 2.30 bits per heavy atom. The number of nitrogens with zero attached hydrogens (tertiary/aromatic N) is 8. The van der Waals surface area contributed by atoms with E-state index in [0.29, 0.717) is 87.5 Å². The molecule has 13 nitrogen and oxygen atoms in total. The van der Waals surface area contributed by atoms with Crippen LogP contribution in [0.5, 0.6) is 0 Å². The second kappa shape index (κ2) is 12.0. The number of fused-ring (bicyclic) bond motifs is 1. The number of anilines is 4. The van der Waals surface area contributed by atoms with Crippen molar-refractivity contribution in [1.82, 2.24) is 29.7 Å². The molecule has 0 unspecified atom stereocenters. The van der Waals surface area contributed by atoms with E-state index in [9.17, 15) is 9.59 Å². The number of carbonyl (C=O) groups excluding carboxylic acids is 2. The van der Waals surface area contributed by atoms with Crippen LogP contribution in [0.15, 0.2) is 24.5 Å². The fraction of sp³-hybridized carbons (Fsp3) is 0.429. The molecule has 3 aromatic rings. The van der Waals surface area contributed by atoms with Gasteiger partial charge in [0.15, 0.2) is 11.6 Å². The predicted molar refractivity (Wildman–Crippen MR) is 155 cm³/mol. The predicted octanol–water partition coefficient (Wildman–Crippen LogP) is 2.00. The zero-order valence-corrected chi connectivity index (χ0v) is 23.7. The molecule has 226 valence electrons. The lowest BCUT2D eigenvalue weighted by Crippen LogP contribution is -2.48. The van der Waals surface area contributed by atoms with Crippen molar-refractivity contribution in [2.45, 2.75) is 13.3 Å². The van der Waals surface area contributed by atoms with Crippen molar-refractivity contribution in [3.05, 3.63) is 47.3 Å². The average Bonchev–Trinajstić information content (AvgIpc) is 3.47. The number of ether oxygens (including phenoxy) is 1. The lowest BCUT2D eigenvalue weighted by Gasteiger charge is -2.34. The summed E-state index contributed by atoms with van der Waals surface area (Å²) in [7, 11) is 0. The Labute approximate surface area is 246 Å². The summed E-state index contributed by atoms with van der Waals surface area (Å²) in [6.07, 6.45) is 3.50. The second-order valence-corrected chi connectivity index (χ2v) is 10.5. The molecule has 3 N–H and O–H groups in total. The van der Waals surface area contributed by atoms with Crippen LogP contribution in [-0.4, -0.2) is 107 Å². The van der Waals surface area contributed by atoms with E-state index >= 15 is 8.78 Å². The van der Waals surface area contributed by atoms with E-state index in [0.717, 1.165) is 18.7 Å². The molecule has 6 rings (SSSR count). The van der Waals surface area contributed by atoms with Gasteiger partial charge in [-0.3, -0.25) is 9.69 Å². The highest BCUT2D eigenvalue weighted by Crippen LogP contribution is 2.36. The SMILES string of the molecule is CCN1CCN(C(=O)c2cc(F)c(NC(=O)N3CCc4c(-c5cnc(N)nc5)nc(N5CCOCC5)nc43)c(F)c2)CC1. The number of amides is 3. The highest BCUT2D eigenvalue weighted by molar-refractivity contribution is 6.03. The van der Waals surface area contributed by atoms with Crippen LogP contribution in [0.25, 0.3) is 11.3 Å². The number of nitrogen functional groups attached to an aromatic ring is 1. The molecule has 5 heterocycles. The minimum atomic E-state index is -1.04. The molecule has 15 heteroatoms. The van der Waals surface area contributed by atoms with E-state index in [-0.39, 0.29) is 18.1 Å². The first-order valence-corrected chi connectivity index (χ1v) is 14.2. The Balaban J connectivity index is 1.26. The summed E-state index contributed by atoms with van der Waals surface area (Å²) in [5, 5.41) is 2.36. The van der Waals surface area contributed by atoms with Crippen LogP contribution in [0, 0.1) is 11.6 Å². The number of carbonyl (C=O) groups is 2. The van der Waals surface area contributed by atoms with Crippen LogP contribution in [-0.2, 0) is 11.2 Å². The van der Waals surface area contributed by atoms with Gasteiger partial charge in [-0.25, -0.2) is 28.5 Å². The van der Waals surface area contributed by atoms with E-state index in [1.165, 1.54) is 4.90 Å². The largest absolute Gasteiger partial charge is 0.378 e. The maximum absolute atomic E-state index is 15.2. The first-order chi connectivity index (χ1) is 20.8. The third kappa shape index (κ3) is 5.77. The number of benzene rings is 1. The third-order valence-electron chi connectivity index (χ3n) is 7.93. The van der Waals surface area contributed by atoms with Gasteiger partial charge in [0.2, 0.25) is 11.9 Å². The van der Waals surface area contributed by atoms with Crippen molar-refractivity contribution in [2.75, 3.05) is 86.4 Å². The maximum atomic E-state index is 15.2. The van der Waals surface area contributed by atoms with Gasteiger partial charge < -0.3 is 30.5 Å². The van der Waals surface area contributed by atoms with E-state index in [2.05, 4.69) is 25.2 Å². The summed E-state index contributed by atoms with van der Waals surface area (Å²) in [5.74, 6) is -1.72.